The molecule has 0 aliphatic heterocycles. The van der Waals surface area contributed by atoms with Gasteiger partial charge in [-0.25, -0.2) is 0 Å². The standard InChI is InChI=1S/C11H14ClN5O/c1-7-6-8(12)2-3-9(7)10(11(13)18)15-4-5-16-17-14/h2-3,6,10,15H,4-5H2,1H3,(H2,13,18). The van der Waals surface area contributed by atoms with Gasteiger partial charge in [0.2, 0.25) is 5.91 Å². The quantitative estimate of drug-likeness (QED) is 0.356. The first-order valence-corrected chi connectivity index (χ1v) is 5.73. The molecule has 0 saturated carbocycles. The Labute approximate surface area is 110 Å². The van der Waals surface area contributed by atoms with Gasteiger partial charge in [0.15, 0.2) is 0 Å². The zero-order chi connectivity index (χ0) is 13.5. The third-order valence-corrected chi connectivity index (χ3v) is 2.69. The van der Waals surface area contributed by atoms with Crippen LogP contribution in [0.4, 0.5) is 0 Å². The maximum Gasteiger partial charge on any atom is 0.239 e. The van der Waals surface area contributed by atoms with Crippen molar-refractivity contribution in [2.45, 2.75) is 13.0 Å². The number of nitrogens with zero attached hydrogens (tertiary/aromatic N) is 3. The average Bonchev–Trinajstić information content (AvgIpc) is 2.30. The van der Waals surface area contributed by atoms with E-state index in [1.807, 2.05) is 6.92 Å². The van der Waals surface area contributed by atoms with Gasteiger partial charge in [0.1, 0.15) is 6.04 Å². The largest absolute Gasteiger partial charge is 0.368 e. The number of rotatable bonds is 6. The molecule has 96 valence electrons. The average molecular weight is 268 g/mol. The number of halogens is 1. The van der Waals surface area contributed by atoms with E-state index in [4.69, 9.17) is 22.9 Å². The smallest absolute Gasteiger partial charge is 0.239 e. The molecule has 3 N–H and O–H groups in total. The van der Waals surface area contributed by atoms with Crippen LogP contribution in [0.5, 0.6) is 0 Å². The minimum atomic E-state index is -0.615. The summed E-state index contributed by atoms with van der Waals surface area (Å²) in [4.78, 5) is 14.1. The lowest BCUT2D eigenvalue weighted by molar-refractivity contribution is -0.120. The van der Waals surface area contributed by atoms with E-state index >= 15 is 0 Å². The number of hydrogen-bond donors (Lipinski definition) is 2. The van der Waals surface area contributed by atoms with E-state index in [0.29, 0.717) is 11.6 Å². The molecule has 0 aliphatic rings. The fourth-order valence-electron chi connectivity index (χ4n) is 1.63. The minimum Gasteiger partial charge on any atom is -0.368 e. The van der Waals surface area contributed by atoms with Gasteiger partial charge in [0.25, 0.3) is 0 Å². The number of aryl methyl sites for hydroxylation is 1. The van der Waals surface area contributed by atoms with Crippen molar-refractivity contribution < 1.29 is 4.79 Å². The topological polar surface area (TPSA) is 104 Å². The second kappa shape index (κ2) is 6.86. The van der Waals surface area contributed by atoms with Crippen molar-refractivity contribution >= 4 is 17.5 Å². The number of carbonyl (C=O) groups is 1. The van der Waals surface area contributed by atoms with Gasteiger partial charge >= 0.3 is 0 Å². The zero-order valence-corrected chi connectivity index (χ0v) is 10.7. The molecule has 0 aromatic heterocycles. The molecule has 0 saturated heterocycles. The number of nitrogens with one attached hydrogen (secondary N) is 1. The van der Waals surface area contributed by atoms with Crippen LogP contribution >= 0.6 is 11.6 Å². The SMILES string of the molecule is Cc1cc(Cl)ccc1C(NCCN=[N+]=[N-])C(N)=O. The Hall–Kier alpha value is -1.75. The van der Waals surface area contributed by atoms with Crippen molar-refractivity contribution in [1.29, 1.82) is 0 Å². The lowest BCUT2D eigenvalue weighted by Gasteiger charge is -2.17. The molecule has 1 aromatic carbocycles. The molecule has 1 amide bonds. The number of azide groups is 1. The minimum absolute atomic E-state index is 0.257. The summed E-state index contributed by atoms with van der Waals surface area (Å²) >= 11 is 5.86. The Kier molecular flexibility index (Phi) is 5.45. The molecule has 0 heterocycles. The fraction of sp³-hybridized carbons (Fsp3) is 0.364. The molecular formula is C11H14ClN5O. The van der Waals surface area contributed by atoms with Gasteiger partial charge in [-0.05, 0) is 35.7 Å². The van der Waals surface area contributed by atoms with Gasteiger partial charge in [-0.3, -0.25) is 4.79 Å². The fourth-order valence-corrected chi connectivity index (χ4v) is 1.86. The van der Waals surface area contributed by atoms with Gasteiger partial charge in [-0.15, -0.1) is 0 Å². The molecule has 7 heteroatoms. The predicted octanol–water partition coefficient (Wildman–Crippen LogP) is 2.07. The highest BCUT2D eigenvalue weighted by Gasteiger charge is 2.18. The molecule has 1 rings (SSSR count). The molecule has 0 fully saturated rings. The Morgan fingerprint density at radius 2 is 2.39 bits per heavy atom. The molecule has 0 bridgehead atoms. The number of hydrogen-bond acceptors (Lipinski definition) is 3. The lowest BCUT2D eigenvalue weighted by Crippen LogP contribution is -2.35. The van der Waals surface area contributed by atoms with Crippen LogP contribution < -0.4 is 11.1 Å². The van der Waals surface area contributed by atoms with E-state index in [1.54, 1.807) is 18.2 Å². The van der Waals surface area contributed by atoms with Crippen LogP contribution in [0.25, 0.3) is 10.4 Å². The van der Waals surface area contributed by atoms with Gasteiger partial charge < -0.3 is 11.1 Å². The summed E-state index contributed by atoms with van der Waals surface area (Å²) in [6, 6.07) is 4.61. The van der Waals surface area contributed by atoms with Crippen LogP contribution in [0.2, 0.25) is 5.02 Å². The number of benzene rings is 1. The van der Waals surface area contributed by atoms with Crippen LogP contribution in [-0.4, -0.2) is 19.0 Å². The maximum absolute atomic E-state index is 11.4. The van der Waals surface area contributed by atoms with E-state index < -0.39 is 11.9 Å². The Balaban J connectivity index is 2.84. The lowest BCUT2D eigenvalue weighted by atomic mass is 10.0. The number of carbonyl (C=O) groups excluding carboxylic acids is 1. The van der Waals surface area contributed by atoms with E-state index in [9.17, 15) is 4.79 Å². The van der Waals surface area contributed by atoms with Crippen molar-refractivity contribution in [1.82, 2.24) is 5.32 Å². The maximum atomic E-state index is 11.4. The van der Waals surface area contributed by atoms with Gasteiger partial charge in [0.05, 0.1) is 0 Å². The first kappa shape index (κ1) is 14.3. The second-order valence-electron chi connectivity index (χ2n) is 3.74. The monoisotopic (exact) mass is 267 g/mol. The first-order valence-electron chi connectivity index (χ1n) is 5.36. The van der Waals surface area contributed by atoms with E-state index in [0.717, 1.165) is 11.1 Å². The summed E-state index contributed by atoms with van der Waals surface area (Å²) in [5.41, 5.74) is 15.2. The van der Waals surface area contributed by atoms with Crippen LogP contribution in [0.1, 0.15) is 17.2 Å². The summed E-state index contributed by atoms with van der Waals surface area (Å²) in [5, 5.41) is 6.93. The third kappa shape index (κ3) is 3.92. The predicted molar refractivity (Wildman–Crippen MR) is 70.1 cm³/mol. The number of amides is 1. The van der Waals surface area contributed by atoms with Gasteiger partial charge in [-0.1, -0.05) is 22.8 Å². The Morgan fingerprint density at radius 3 is 2.94 bits per heavy atom. The summed E-state index contributed by atoms with van der Waals surface area (Å²) in [5.74, 6) is -0.485. The highest BCUT2D eigenvalue weighted by Crippen LogP contribution is 2.21. The van der Waals surface area contributed by atoms with Gasteiger partial charge in [-0.2, -0.15) is 0 Å². The molecule has 18 heavy (non-hydrogen) atoms. The molecular weight excluding hydrogens is 254 g/mol. The molecule has 0 aliphatic carbocycles. The van der Waals surface area contributed by atoms with Crippen LogP contribution in [-0.2, 0) is 4.79 Å². The van der Waals surface area contributed by atoms with E-state index in [2.05, 4.69) is 15.3 Å². The molecule has 6 nitrogen and oxygen atoms in total. The summed E-state index contributed by atoms with van der Waals surface area (Å²) < 4.78 is 0. The van der Waals surface area contributed by atoms with Crippen LogP contribution in [0, 0.1) is 6.92 Å². The molecule has 1 aromatic rings. The van der Waals surface area contributed by atoms with E-state index in [-0.39, 0.29) is 6.54 Å². The summed E-state index contributed by atoms with van der Waals surface area (Å²) in [6.07, 6.45) is 0. The van der Waals surface area contributed by atoms with Crippen LogP contribution in [0.3, 0.4) is 0 Å². The van der Waals surface area contributed by atoms with Crippen molar-refractivity contribution in [2.75, 3.05) is 13.1 Å². The van der Waals surface area contributed by atoms with Crippen molar-refractivity contribution in [3.63, 3.8) is 0 Å². The Morgan fingerprint density at radius 1 is 1.67 bits per heavy atom. The first-order chi connectivity index (χ1) is 8.56. The molecule has 0 spiro atoms. The number of primary amides is 1. The zero-order valence-electron chi connectivity index (χ0n) is 9.93. The summed E-state index contributed by atoms with van der Waals surface area (Å²) in [7, 11) is 0. The van der Waals surface area contributed by atoms with Crippen molar-refractivity contribution in [3.05, 3.63) is 44.8 Å². The molecule has 1 atom stereocenters. The normalized spacial score (nSPS) is 11.7. The second-order valence-corrected chi connectivity index (χ2v) is 4.18. The highest BCUT2D eigenvalue weighted by molar-refractivity contribution is 6.30. The van der Waals surface area contributed by atoms with Crippen molar-refractivity contribution in [2.24, 2.45) is 10.8 Å². The Bertz CT molecular complexity index is 484. The van der Waals surface area contributed by atoms with E-state index in [1.165, 1.54) is 0 Å². The summed E-state index contributed by atoms with van der Waals surface area (Å²) in [6.45, 7) is 2.49. The number of nitrogens with two attached hydrogens (primary N) is 1. The molecule has 0 radical (unpaired) electrons. The van der Waals surface area contributed by atoms with Crippen molar-refractivity contribution in [3.8, 4) is 0 Å². The van der Waals surface area contributed by atoms with Gasteiger partial charge in [0, 0.05) is 23.0 Å². The van der Waals surface area contributed by atoms with Crippen LogP contribution in [0.15, 0.2) is 23.3 Å². The molecule has 1 unspecified atom stereocenters. The third-order valence-electron chi connectivity index (χ3n) is 2.45. The highest BCUT2D eigenvalue weighted by atomic mass is 35.5.